The third-order valence-corrected chi connectivity index (χ3v) is 2.63. The quantitative estimate of drug-likeness (QED) is 0.643. The molecule has 2 atom stereocenters. The van der Waals surface area contributed by atoms with E-state index in [0.717, 1.165) is 30.8 Å². The molecule has 1 aliphatic rings. The average molecular weight is 168 g/mol. The molecule has 0 radical (unpaired) electrons. The molecule has 1 aliphatic carbocycles. The fraction of sp³-hybridized carbons (Fsp3) is 0.700. The first-order chi connectivity index (χ1) is 5.61. The van der Waals surface area contributed by atoms with Gasteiger partial charge in [-0.15, -0.1) is 0 Å². The van der Waals surface area contributed by atoms with Gasteiger partial charge in [0.05, 0.1) is 5.92 Å². The van der Waals surface area contributed by atoms with E-state index in [0.29, 0.717) is 0 Å². The summed E-state index contributed by atoms with van der Waals surface area (Å²) in [7, 11) is 0. The molecule has 0 bridgehead atoms. The van der Waals surface area contributed by atoms with Crippen LogP contribution in [0, 0.1) is 11.8 Å². The van der Waals surface area contributed by atoms with Gasteiger partial charge in [0.15, 0.2) is 0 Å². The molecule has 1 rings (SSSR count). The highest BCUT2D eigenvalue weighted by Gasteiger charge is 2.19. The fourth-order valence-corrected chi connectivity index (χ4v) is 1.54. The Labute approximate surface area is 73.3 Å². The summed E-state index contributed by atoms with van der Waals surface area (Å²) in [6.07, 6.45) is 5.26. The van der Waals surface area contributed by atoms with E-state index in [1.807, 2.05) is 0 Å². The van der Waals surface area contributed by atoms with E-state index in [1.54, 1.807) is 6.92 Å². The van der Waals surface area contributed by atoms with Gasteiger partial charge in [0.25, 0.3) is 0 Å². The highest BCUT2D eigenvalue weighted by molar-refractivity contribution is 5.73. The van der Waals surface area contributed by atoms with Crippen LogP contribution in [-0.4, -0.2) is 11.1 Å². The van der Waals surface area contributed by atoms with Crippen molar-refractivity contribution in [2.75, 3.05) is 0 Å². The SMILES string of the molecule is CC1CC=C(C(C)C(=O)O)CC1. The first-order valence-electron chi connectivity index (χ1n) is 4.53. The zero-order chi connectivity index (χ0) is 9.14. The second kappa shape index (κ2) is 3.74. The smallest absolute Gasteiger partial charge is 0.310 e. The minimum Gasteiger partial charge on any atom is -0.481 e. The van der Waals surface area contributed by atoms with E-state index in [2.05, 4.69) is 13.0 Å². The van der Waals surface area contributed by atoms with Crippen molar-refractivity contribution in [3.63, 3.8) is 0 Å². The molecule has 0 saturated heterocycles. The van der Waals surface area contributed by atoms with Crippen LogP contribution in [0.15, 0.2) is 11.6 Å². The van der Waals surface area contributed by atoms with Crippen LogP contribution in [0.5, 0.6) is 0 Å². The van der Waals surface area contributed by atoms with Gasteiger partial charge >= 0.3 is 5.97 Å². The molecular weight excluding hydrogens is 152 g/mol. The average Bonchev–Trinajstić information content (AvgIpc) is 2.04. The zero-order valence-electron chi connectivity index (χ0n) is 7.71. The van der Waals surface area contributed by atoms with Crippen LogP contribution in [0.4, 0.5) is 0 Å². The van der Waals surface area contributed by atoms with Crippen LogP contribution in [0.3, 0.4) is 0 Å². The molecule has 1 N–H and O–H groups in total. The fourth-order valence-electron chi connectivity index (χ4n) is 1.54. The van der Waals surface area contributed by atoms with Gasteiger partial charge in [0, 0.05) is 0 Å². The zero-order valence-corrected chi connectivity index (χ0v) is 7.71. The molecule has 0 heterocycles. The van der Waals surface area contributed by atoms with Gasteiger partial charge in [-0.2, -0.15) is 0 Å². The number of allylic oxidation sites excluding steroid dienone is 1. The summed E-state index contributed by atoms with van der Waals surface area (Å²) in [5.74, 6) is -0.247. The summed E-state index contributed by atoms with van der Waals surface area (Å²) in [4.78, 5) is 10.6. The molecule has 0 fully saturated rings. The predicted octanol–water partition coefficient (Wildman–Crippen LogP) is 2.45. The first-order valence-corrected chi connectivity index (χ1v) is 4.53. The summed E-state index contributed by atoms with van der Waals surface area (Å²) in [5, 5.41) is 8.76. The third-order valence-electron chi connectivity index (χ3n) is 2.63. The van der Waals surface area contributed by atoms with Gasteiger partial charge in [-0.3, -0.25) is 4.79 Å². The highest BCUT2D eigenvalue weighted by atomic mass is 16.4. The molecule has 0 aliphatic heterocycles. The molecule has 2 heteroatoms. The number of hydrogen-bond donors (Lipinski definition) is 1. The van der Waals surface area contributed by atoms with E-state index < -0.39 is 5.97 Å². The first kappa shape index (κ1) is 9.30. The lowest BCUT2D eigenvalue weighted by molar-refractivity contribution is -0.139. The van der Waals surface area contributed by atoms with Crippen LogP contribution in [0.2, 0.25) is 0 Å². The monoisotopic (exact) mass is 168 g/mol. The lowest BCUT2D eigenvalue weighted by Gasteiger charge is -2.20. The third kappa shape index (κ3) is 2.10. The second-order valence-corrected chi connectivity index (χ2v) is 3.72. The summed E-state index contributed by atoms with van der Waals surface area (Å²) in [6, 6.07) is 0. The molecule has 2 nitrogen and oxygen atoms in total. The van der Waals surface area contributed by atoms with Crippen molar-refractivity contribution in [1.82, 2.24) is 0 Å². The van der Waals surface area contributed by atoms with E-state index in [9.17, 15) is 4.79 Å². The van der Waals surface area contributed by atoms with Crippen molar-refractivity contribution >= 4 is 5.97 Å². The molecule has 0 amide bonds. The number of hydrogen-bond acceptors (Lipinski definition) is 1. The lowest BCUT2D eigenvalue weighted by atomic mass is 9.85. The molecule has 0 spiro atoms. The van der Waals surface area contributed by atoms with Crippen LogP contribution in [0.1, 0.15) is 33.1 Å². The number of aliphatic carboxylic acids is 1. The van der Waals surface area contributed by atoms with Crippen molar-refractivity contribution in [2.45, 2.75) is 33.1 Å². The van der Waals surface area contributed by atoms with E-state index in [1.165, 1.54) is 0 Å². The Morgan fingerprint density at radius 1 is 1.75 bits per heavy atom. The van der Waals surface area contributed by atoms with Gasteiger partial charge < -0.3 is 5.11 Å². The highest BCUT2D eigenvalue weighted by Crippen LogP contribution is 2.27. The Bertz CT molecular complexity index is 206. The summed E-state index contributed by atoms with van der Waals surface area (Å²) < 4.78 is 0. The van der Waals surface area contributed by atoms with Crippen LogP contribution >= 0.6 is 0 Å². The maximum absolute atomic E-state index is 10.6. The number of carboxylic acids is 1. The van der Waals surface area contributed by atoms with Crippen molar-refractivity contribution in [2.24, 2.45) is 11.8 Å². The van der Waals surface area contributed by atoms with E-state index in [4.69, 9.17) is 5.11 Å². The molecule has 68 valence electrons. The Kier molecular flexibility index (Phi) is 2.90. The largest absolute Gasteiger partial charge is 0.481 e. The molecule has 12 heavy (non-hydrogen) atoms. The maximum Gasteiger partial charge on any atom is 0.310 e. The second-order valence-electron chi connectivity index (χ2n) is 3.72. The summed E-state index contributed by atoms with van der Waals surface area (Å²) >= 11 is 0. The molecule has 0 aromatic heterocycles. The van der Waals surface area contributed by atoms with E-state index in [-0.39, 0.29) is 5.92 Å². The minimum atomic E-state index is -0.698. The number of carbonyl (C=O) groups is 1. The van der Waals surface area contributed by atoms with Crippen molar-refractivity contribution in [3.8, 4) is 0 Å². The molecule has 0 aromatic rings. The van der Waals surface area contributed by atoms with Gasteiger partial charge in [0.1, 0.15) is 0 Å². The Balaban J connectivity index is 2.58. The topological polar surface area (TPSA) is 37.3 Å². The predicted molar refractivity (Wildman–Crippen MR) is 47.9 cm³/mol. The van der Waals surface area contributed by atoms with Gasteiger partial charge in [-0.25, -0.2) is 0 Å². The maximum atomic E-state index is 10.6. The number of rotatable bonds is 2. The van der Waals surface area contributed by atoms with Crippen molar-refractivity contribution in [1.29, 1.82) is 0 Å². The number of carboxylic acid groups (broad SMARTS) is 1. The Morgan fingerprint density at radius 3 is 2.83 bits per heavy atom. The molecule has 0 saturated carbocycles. The summed E-state index contributed by atoms with van der Waals surface area (Å²) in [6.45, 7) is 3.98. The van der Waals surface area contributed by atoms with E-state index >= 15 is 0 Å². The van der Waals surface area contributed by atoms with Crippen molar-refractivity contribution < 1.29 is 9.90 Å². The summed E-state index contributed by atoms with van der Waals surface area (Å²) in [5.41, 5.74) is 1.11. The lowest BCUT2D eigenvalue weighted by Crippen LogP contribution is -2.15. The van der Waals surface area contributed by atoms with Gasteiger partial charge in [-0.05, 0) is 32.1 Å². The van der Waals surface area contributed by atoms with Crippen LogP contribution in [0.25, 0.3) is 0 Å². The van der Waals surface area contributed by atoms with Crippen LogP contribution < -0.4 is 0 Å². The van der Waals surface area contributed by atoms with Crippen molar-refractivity contribution in [3.05, 3.63) is 11.6 Å². The minimum absolute atomic E-state index is 0.280. The normalized spacial score (nSPS) is 26.2. The molecule has 0 aromatic carbocycles. The van der Waals surface area contributed by atoms with Crippen LogP contribution in [-0.2, 0) is 4.79 Å². The Hall–Kier alpha value is -0.790. The Morgan fingerprint density at radius 2 is 2.42 bits per heavy atom. The molecule has 2 unspecified atom stereocenters. The molecular formula is C10H16O2. The van der Waals surface area contributed by atoms with Gasteiger partial charge in [0.2, 0.25) is 0 Å². The standard InChI is InChI=1S/C10H16O2/c1-7-3-5-9(6-4-7)8(2)10(11)12/h5,7-8H,3-4,6H2,1-2H3,(H,11,12). The van der Waals surface area contributed by atoms with Gasteiger partial charge in [-0.1, -0.05) is 18.6 Å².